The second kappa shape index (κ2) is 23.4. The second-order valence-electron chi connectivity index (χ2n) is 18.9. The van der Waals surface area contributed by atoms with Gasteiger partial charge >= 0.3 is 0 Å². The maximum absolute atomic E-state index is 13.5. The van der Waals surface area contributed by atoms with Gasteiger partial charge in [-0.25, -0.2) is 33.1 Å². The lowest BCUT2D eigenvalue weighted by molar-refractivity contribution is 0.0649. The third kappa shape index (κ3) is 14.0. The van der Waals surface area contributed by atoms with Gasteiger partial charge in [-0.1, -0.05) is 44.0 Å². The molecule has 2 atom stereocenters. The molecule has 0 unspecified atom stereocenters. The molecule has 17 nitrogen and oxygen atoms in total. The van der Waals surface area contributed by atoms with Gasteiger partial charge in [-0.15, -0.1) is 0 Å². The molecular formula is C49H54Br2ClF2N9O8S2. The number of halogens is 5. The van der Waals surface area contributed by atoms with Gasteiger partial charge in [0.2, 0.25) is 11.9 Å². The van der Waals surface area contributed by atoms with Crippen LogP contribution in [0.2, 0.25) is 0 Å². The molecule has 73 heavy (non-hydrogen) atoms. The summed E-state index contributed by atoms with van der Waals surface area (Å²) in [5, 5.41) is -1.09. The zero-order chi connectivity index (χ0) is 53.6. The summed E-state index contributed by atoms with van der Waals surface area (Å²) in [6.45, 7) is 12.4. The molecule has 4 amide bonds. The van der Waals surface area contributed by atoms with Gasteiger partial charge < -0.3 is 15.5 Å². The summed E-state index contributed by atoms with van der Waals surface area (Å²) in [6.07, 6.45) is 6.91. The molecule has 0 aliphatic carbocycles. The molecule has 2 fully saturated rings. The highest BCUT2D eigenvalue weighted by Crippen LogP contribution is 2.41. The number of fused-ring (bicyclic) bond motifs is 1. The number of sulfonamides is 1. The third-order valence-electron chi connectivity index (χ3n) is 12.6. The van der Waals surface area contributed by atoms with Crippen molar-refractivity contribution in [2.45, 2.75) is 101 Å². The number of nitrogens with two attached hydrogens (primary N) is 1. The molecule has 390 valence electrons. The van der Waals surface area contributed by atoms with Crippen LogP contribution >= 0.6 is 42.5 Å². The summed E-state index contributed by atoms with van der Waals surface area (Å²) in [6, 6.07) is 20.0. The number of imide groups is 1. The number of carbonyl (C=O) groups is 4. The van der Waals surface area contributed by atoms with E-state index in [1.165, 1.54) is 48.4 Å². The highest BCUT2D eigenvalue weighted by atomic mass is 79.9. The lowest BCUT2D eigenvalue weighted by Crippen LogP contribution is -2.41. The van der Waals surface area contributed by atoms with E-state index in [-0.39, 0.29) is 28.8 Å². The standard InChI is InChI=1S/C28H27BrFN5O5S.C16H24BrN3O.C5H3ClFNO2S/c1-28(2)15-17(7-6-14-34-26(37)18-8-3-4-9-19(18)27(34)38)16-35(28)24-20(12-13-21(29)31-24)25(36)33-41(39,40)23-11-5-10-22(30)32-23;1-4-5-6-11-9-16(2,3)20(10-11)15-12(14(18)21)7-8-13(17)19-15;6-11(9,10)5-3-1-2-4(7)8-5/h3-5,8-13,17H,6-7,14-16H2,1-2H3,(H,33,36);7-8,11H,4-6,9-10H2,1-3H3,(H2,18,21);1-3H/t17-;11-;/m00./s1. The molecule has 3 N–H and O–H groups in total. The molecule has 2 saturated heterocycles. The Morgan fingerprint density at radius 3 is 1.63 bits per heavy atom. The van der Waals surface area contributed by atoms with Gasteiger partial charge in [-0.3, -0.25) is 24.1 Å². The number of primary amides is 1. The van der Waals surface area contributed by atoms with E-state index >= 15 is 0 Å². The van der Waals surface area contributed by atoms with E-state index < -0.39 is 58.4 Å². The highest BCUT2D eigenvalue weighted by molar-refractivity contribution is 9.10. The summed E-state index contributed by atoms with van der Waals surface area (Å²) in [5.74, 6) is -1.93. The van der Waals surface area contributed by atoms with Crippen molar-refractivity contribution in [1.29, 1.82) is 0 Å². The first-order chi connectivity index (χ1) is 34.2. The molecule has 4 aromatic heterocycles. The zero-order valence-electron chi connectivity index (χ0n) is 40.5. The van der Waals surface area contributed by atoms with Gasteiger partial charge in [0.25, 0.3) is 42.7 Å². The molecule has 5 aromatic rings. The Morgan fingerprint density at radius 2 is 1.16 bits per heavy atom. The van der Waals surface area contributed by atoms with Crippen LogP contribution in [0.3, 0.4) is 0 Å². The molecule has 0 saturated carbocycles. The Labute approximate surface area is 444 Å². The number of hydrogen-bond acceptors (Lipinski definition) is 14. The molecule has 3 aliphatic heterocycles. The number of hydrogen-bond donors (Lipinski definition) is 2. The average molecular weight is 1190 g/mol. The lowest BCUT2D eigenvalue weighted by atomic mass is 9.93. The van der Waals surface area contributed by atoms with E-state index in [1.54, 1.807) is 36.4 Å². The Kier molecular flexibility index (Phi) is 18.2. The van der Waals surface area contributed by atoms with E-state index in [4.69, 9.17) is 16.4 Å². The number of carbonyl (C=O) groups excluding carboxylic acids is 4. The second-order valence-corrected chi connectivity index (χ2v) is 24.7. The van der Waals surface area contributed by atoms with Crippen molar-refractivity contribution in [1.82, 2.24) is 29.6 Å². The van der Waals surface area contributed by atoms with E-state index in [9.17, 15) is 44.8 Å². The average Bonchev–Trinajstić information content (AvgIpc) is 3.89. The molecule has 24 heteroatoms. The predicted molar refractivity (Wildman–Crippen MR) is 278 cm³/mol. The number of unbranched alkanes of at least 4 members (excludes halogenated alkanes) is 1. The van der Waals surface area contributed by atoms with Crippen molar-refractivity contribution < 1.29 is 44.8 Å². The van der Waals surface area contributed by atoms with Gasteiger partial charge in [0, 0.05) is 41.4 Å². The van der Waals surface area contributed by atoms with Gasteiger partial charge in [-0.2, -0.15) is 17.2 Å². The van der Waals surface area contributed by atoms with E-state index in [0.717, 1.165) is 54.7 Å². The number of anilines is 2. The fraction of sp³-hybridized carbons (Fsp3) is 0.388. The Balaban J connectivity index is 0.000000224. The van der Waals surface area contributed by atoms with Crippen LogP contribution in [0.4, 0.5) is 20.4 Å². The van der Waals surface area contributed by atoms with Gasteiger partial charge in [0.1, 0.15) is 20.8 Å². The fourth-order valence-electron chi connectivity index (χ4n) is 9.30. The van der Waals surface area contributed by atoms with Crippen molar-refractivity contribution >= 4 is 96.9 Å². The molecule has 0 bridgehead atoms. The maximum atomic E-state index is 13.5. The molecule has 8 rings (SSSR count). The molecule has 0 spiro atoms. The molecule has 3 aliphatic rings. The minimum absolute atomic E-state index is 0.00357. The van der Waals surface area contributed by atoms with E-state index in [1.807, 2.05) is 23.5 Å². The van der Waals surface area contributed by atoms with E-state index in [0.29, 0.717) is 58.4 Å². The monoisotopic (exact) mass is 1190 g/mol. The van der Waals surface area contributed by atoms with Crippen molar-refractivity contribution in [3.63, 3.8) is 0 Å². The van der Waals surface area contributed by atoms with Crippen molar-refractivity contribution in [3.8, 4) is 0 Å². The Bertz CT molecular complexity index is 3100. The number of aromatic nitrogens is 4. The summed E-state index contributed by atoms with van der Waals surface area (Å²) in [4.78, 5) is 71.3. The first kappa shape index (κ1) is 56.8. The van der Waals surface area contributed by atoms with Crippen LogP contribution in [-0.4, -0.2) is 96.0 Å². The molecule has 1 aromatic carbocycles. The first-order valence-electron chi connectivity index (χ1n) is 23.1. The van der Waals surface area contributed by atoms with Gasteiger partial charge in [0.05, 0.1) is 22.3 Å². The quantitative estimate of drug-likeness (QED) is 0.0600. The van der Waals surface area contributed by atoms with Crippen LogP contribution in [0.5, 0.6) is 0 Å². The normalized spacial score (nSPS) is 17.9. The van der Waals surface area contributed by atoms with Crippen LogP contribution in [0, 0.1) is 23.7 Å². The summed E-state index contributed by atoms with van der Waals surface area (Å²) >= 11 is 6.74. The summed E-state index contributed by atoms with van der Waals surface area (Å²) < 4.78 is 75.5. The van der Waals surface area contributed by atoms with Crippen LogP contribution in [0.15, 0.2) is 104 Å². The van der Waals surface area contributed by atoms with Crippen LogP contribution in [-0.2, 0) is 19.1 Å². The van der Waals surface area contributed by atoms with Gasteiger partial charge in [0.15, 0.2) is 10.1 Å². The summed E-state index contributed by atoms with van der Waals surface area (Å²) in [5.41, 5.74) is 6.46. The lowest BCUT2D eigenvalue weighted by Gasteiger charge is -2.33. The maximum Gasteiger partial charge on any atom is 0.281 e. The fourth-order valence-corrected chi connectivity index (χ4v) is 11.5. The minimum atomic E-state index is -4.44. The zero-order valence-corrected chi connectivity index (χ0v) is 46.0. The number of benzene rings is 1. The molecule has 7 heterocycles. The van der Waals surface area contributed by atoms with Crippen molar-refractivity contribution in [3.05, 3.63) is 128 Å². The number of rotatable bonds is 14. The largest absolute Gasteiger partial charge is 0.365 e. The predicted octanol–water partition coefficient (Wildman–Crippen LogP) is 9.06. The van der Waals surface area contributed by atoms with Gasteiger partial charge in [-0.05, 0) is 164 Å². The number of nitrogens with one attached hydrogen (secondary N) is 1. The molecular weight excluding hydrogens is 1140 g/mol. The first-order valence-corrected chi connectivity index (χ1v) is 28.5. The van der Waals surface area contributed by atoms with Crippen molar-refractivity contribution in [2.75, 3.05) is 29.4 Å². The number of pyridine rings is 4. The smallest absolute Gasteiger partial charge is 0.281 e. The number of nitrogens with zero attached hydrogens (tertiary/aromatic N) is 7. The Hall–Kier alpha value is -5.49. The van der Waals surface area contributed by atoms with Crippen LogP contribution in [0.25, 0.3) is 0 Å². The van der Waals surface area contributed by atoms with E-state index in [2.05, 4.69) is 77.5 Å². The Morgan fingerprint density at radius 1 is 0.699 bits per heavy atom. The highest BCUT2D eigenvalue weighted by Gasteiger charge is 2.42. The SMILES string of the molecule is CC1(C)C[C@H](CCCN2C(=O)c3ccccc3C2=O)CN1c1nc(Br)ccc1C(=O)NS(=O)(=O)c1cccc(F)n1.CCCC[C@@H]1CN(c2nc(Br)ccc2C(N)=O)C(C)(C)C1.O=S(=O)(Cl)c1cccc(F)n1. The minimum Gasteiger partial charge on any atom is -0.365 e. The topological polar surface area (TPSA) is 236 Å². The van der Waals surface area contributed by atoms with Crippen LogP contribution < -0.4 is 20.3 Å². The third-order valence-corrected chi connectivity index (χ3v) is 15.9. The number of amides is 4. The molecule has 0 radical (unpaired) electrons. The van der Waals surface area contributed by atoms with Crippen molar-refractivity contribution in [2.24, 2.45) is 17.6 Å². The summed E-state index contributed by atoms with van der Waals surface area (Å²) in [7, 11) is -3.47. The van der Waals surface area contributed by atoms with Crippen LogP contribution in [0.1, 0.15) is 121 Å².